The second-order valence-electron chi connectivity index (χ2n) is 4.86. The highest BCUT2D eigenvalue weighted by molar-refractivity contribution is 9.10. The molecule has 1 aromatic heterocycles. The van der Waals surface area contributed by atoms with Crippen molar-refractivity contribution in [3.05, 3.63) is 41.1 Å². The van der Waals surface area contributed by atoms with Crippen molar-refractivity contribution in [1.29, 1.82) is 0 Å². The van der Waals surface area contributed by atoms with Gasteiger partial charge in [-0.2, -0.15) is 0 Å². The van der Waals surface area contributed by atoms with Gasteiger partial charge in [0, 0.05) is 22.4 Å². The average Bonchev–Trinajstić information content (AvgIpc) is 2.39. The number of nitrogens with one attached hydrogen (secondary N) is 1. The number of aromatic nitrogens is 2. The van der Waals surface area contributed by atoms with Crippen LogP contribution in [0.1, 0.15) is 13.8 Å². The van der Waals surface area contributed by atoms with Gasteiger partial charge in [-0.05, 0) is 31.5 Å². The van der Waals surface area contributed by atoms with Crippen LogP contribution in [0, 0.1) is 0 Å². The fourth-order valence-electron chi connectivity index (χ4n) is 1.54. The summed E-state index contributed by atoms with van der Waals surface area (Å²) in [6.45, 7) is 3.11. The van der Waals surface area contributed by atoms with Gasteiger partial charge in [-0.3, -0.25) is 0 Å². The summed E-state index contributed by atoms with van der Waals surface area (Å²) in [7, 11) is 0. The lowest BCUT2D eigenvalue weighted by atomic mass is 10.1. The van der Waals surface area contributed by atoms with Gasteiger partial charge in [-0.25, -0.2) is 14.8 Å². The van der Waals surface area contributed by atoms with Gasteiger partial charge in [0.25, 0.3) is 0 Å². The van der Waals surface area contributed by atoms with Gasteiger partial charge in [-0.1, -0.05) is 28.1 Å². The highest BCUT2D eigenvalue weighted by atomic mass is 79.9. The number of carbonyl (C=O) groups is 1. The van der Waals surface area contributed by atoms with E-state index in [9.17, 15) is 4.79 Å². The van der Waals surface area contributed by atoms with Gasteiger partial charge in [0.2, 0.25) is 5.95 Å². The van der Waals surface area contributed by atoms with Gasteiger partial charge in [0.15, 0.2) is 0 Å². The summed E-state index contributed by atoms with van der Waals surface area (Å²) < 4.78 is 0.976. The smallest absolute Gasteiger partial charge is 0.328 e. The number of hydrogen-bond acceptors (Lipinski definition) is 4. The lowest BCUT2D eigenvalue weighted by molar-refractivity contribution is -0.141. The van der Waals surface area contributed by atoms with Crippen LogP contribution in [0.5, 0.6) is 0 Å². The molecule has 0 aliphatic carbocycles. The molecule has 0 spiro atoms. The summed E-state index contributed by atoms with van der Waals surface area (Å²) in [5.41, 5.74) is 0.741. The van der Waals surface area contributed by atoms with E-state index in [4.69, 9.17) is 5.11 Å². The molecule has 0 bridgehead atoms. The summed E-state index contributed by atoms with van der Waals surface area (Å²) in [4.78, 5) is 19.3. The first-order valence-corrected chi connectivity index (χ1v) is 6.77. The Morgan fingerprint density at radius 2 is 1.90 bits per heavy atom. The summed E-state index contributed by atoms with van der Waals surface area (Å²) in [5, 5.41) is 11.8. The van der Waals surface area contributed by atoms with Crippen LogP contribution in [-0.4, -0.2) is 26.6 Å². The number of hydrogen-bond donors (Lipinski definition) is 2. The molecule has 0 aliphatic rings. The van der Waals surface area contributed by atoms with Crippen molar-refractivity contribution in [2.24, 2.45) is 0 Å². The predicted octanol–water partition coefficient (Wildman–Crippen LogP) is 3.18. The molecule has 104 valence electrons. The SMILES string of the molecule is CC(C)(Nc1ncc(-c2cccc(Br)c2)cn1)C(=O)O. The minimum absolute atomic E-state index is 0.288. The molecular formula is C14H14BrN3O2. The van der Waals surface area contributed by atoms with Crippen molar-refractivity contribution >= 4 is 27.8 Å². The first kappa shape index (κ1) is 14.5. The zero-order chi connectivity index (χ0) is 14.8. The molecule has 0 atom stereocenters. The number of aliphatic carboxylic acids is 1. The third-order valence-electron chi connectivity index (χ3n) is 2.77. The third kappa shape index (κ3) is 3.33. The van der Waals surface area contributed by atoms with E-state index < -0.39 is 11.5 Å². The summed E-state index contributed by atoms with van der Waals surface area (Å²) in [6, 6.07) is 7.79. The number of nitrogens with zero attached hydrogens (tertiary/aromatic N) is 2. The van der Waals surface area contributed by atoms with Crippen LogP contribution >= 0.6 is 15.9 Å². The van der Waals surface area contributed by atoms with Crippen LogP contribution in [0.4, 0.5) is 5.95 Å². The van der Waals surface area contributed by atoms with E-state index in [-0.39, 0.29) is 5.95 Å². The summed E-state index contributed by atoms with van der Waals surface area (Å²) >= 11 is 3.41. The Hall–Kier alpha value is -1.95. The lowest BCUT2D eigenvalue weighted by Crippen LogP contribution is -2.40. The molecule has 0 saturated heterocycles. The zero-order valence-corrected chi connectivity index (χ0v) is 12.7. The Kier molecular flexibility index (Phi) is 4.04. The molecule has 0 unspecified atom stereocenters. The van der Waals surface area contributed by atoms with E-state index in [1.165, 1.54) is 0 Å². The Labute approximate surface area is 125 Å². The van der Waals surface area contributed by atoms with Crippen LogP contribution in [0.15, 0.2) is 41.1 Å². The van der Waals surface area contributed by atoms with Gasteiger partial charge in [0.1, 0.15) is 5.54 Å². The maximum absolute atomic E-state index is 11.0. The number of halogens is 1. The average molecular weight is 336 g/mol. The minimum Gasteiger partial charge on any atom is -0.480 e. The summed E-state index contributed by atoms with van der Waals surface area (Å²) in [5.74, 6) is -0.673. The molecule has 1 heterocycles. The molecule has 5 nitrogen and oxygen atoms in total. The Morgan fingerprint density at radius 3 is 2.45 bits per heavy atom. The van der Waals surface area contributed by atoms with E-state index in [2.05, 4.69) is 31.2 Å². The van der Waals surface area contributed by atoms with E-state index in [1.54, 1.807) is 26.2 Å². The fourth-order valence-corrected chi connectivity index (χ4v) is 1.94. The first-order valence-electron chi connectivity index (χ1n) is 5.98. The quantitative estimate of drug-likeness (QED) is 0.897. The number of anilines is 1. The molecule has 2 N–H and O–H groups in total. The Bertz CT molecular complexity index is 627. The van der Waals surface area contributed by atoms with Crippen LogP contribution in [0.25, 0.3) is 11.1 Å². The number of carboxylic acid groups (broad SMARTS) is 1. The molecule has 0 saturated carbocycles. The van der Waals surface area contributed by atoms with Crippen molar-refractivity contribution in [3.8, 4) is 11.1 Å². The standard InChI is InChI=1S/C14H14BrN3O2/c1-14(2,12(19)20)18-13-16-7-10(8-17-13)9-4-3-5-11(15)6-9/h3-8H,1-2H3,(H,19,20)(H,16,17,18). The number of rotatable bonds is 4. The van der Waals surface area contributed by atoms with Crippen LogP contribution < -0.4 is 5.32 Å². The second-order valence-corrected chi connectivity index (χ2v) is 5.78. The molecule has 0 aliphatic heterocycles. The lowest BCUT2D eigenvalue weighted by Gasteiger charge is -2.20. The molecule has 2 rings (SSSR count). The van der Waals surface area contributed by atoms with Crippen LogP contribution in [0.3, 0.4) is 0 Å². The van der Waals surface area contributed by atoms with Crippen molar-refractivity contribution in [2.45, 2.75) is 19.4 Å². The van der Waals surface area contributed by atoms with E-state index >= 15 is 0 Å². The minimum atomic E-state index is -1.11. The van der Waals surface area contributed by atoms with Crippen molar-refractivity contribution in [1.82, 2.24) is 9.97 Å². The Balaban J connectivity index is 2.21. The predicted molar refractivity (Wildman–Crippen MR) is 80.5 cm³/mol. The number of benzene rings is 1. The molecule has 2 aromatic rings. The zero-order valence-electron chi connectivity index (χ0n) is 11.1. The van der Waals surface area contributed by atoms with Gasteiger partial charge < -0.3 is 10.4 Å². The van der Waals surface area contributed by atoms with Crippen molar-refractivity contribution < 1.29 is 9.90 Å². The van der Waals surface area contributed by atoms with Gasteiger partial charge in [0.05, 0.1) is 0 Å². The third-order valence-corrected chi connectivity index (χ3v) is 3.26. The maximum Gasteiger partial charge on any atom is 0.328 e. The second kappa shape index (κ2) is 5.58. The highest BCUT2D eigenvalue weighted by Gasteiger charge is 2.27. The molecule has 0 radical (unpaired) electrons. The van der Waals surface area contributed by atoms with Gasteiger partial charge >= 0.3 is 5.97 Å². The molecule has 0 fully saturated rings. The largest absolute Gasteiger partial charge is 0.480 e. The molecule has 6 heteroatoms. The van der Waals surface area contributed by atoms with Crippen molar-refractivity contribution in [3.63, 3.8) is 0 Å². The van der Waals surface area contributed by atoms with E-state index in [0.29, 0.717) is 0 Å². The Morgan fingerprint density at radius 1 is 1.25 bits per heavy atom. The number of carboxylic acids is 1. The maximum atomic E-state index is 11.0. The highest BCUT2D eigenvalue weighted by Crippen LogP contribution is 2.22. The molecule has 1 aromatic carbocycles. The fraction of sp³-hybridized carbons (Fsp3) is 0.214. The van der Waals surface area contributed by atoms with E-state index in [0.717, 1.165) is 15.6 Å². The molecule has 0 amide bonds. The first-order chi connectivity index (χ1) is 9.38. The topological polar surface area (TPSA) is 75.1 Å². The normalized spacial score (nSPS) is 11.2. The van der Waals surface area contributed by atoms with Crippen LogP contribution in [-0.2, 0) is 4.79 Å². The summed E-state index contributed by atoms with van der Waals surface area (Å²) in [6.07, 6.45) is 3.32. The molecule has 20 heavy (non-hydrogen) atoms. The van der Waals surface area contributed by atoms with Gasteiger partial charge in [-0.15, -0.1) is 0 Å². The van der Waals surface area contributed by atoms with E-state index in [1.807, 2.05) is 24.3 Å². The van der Waals surface area contributed by atoms with Crippen LogP contribution in [0.2, 0.25) is 0 Å². The monoisotopic (exact) mass is 335 g/mol. The molecular weight excluding hydrogens is 322 g/mol. The van der Waals surface area contributed by atoms with Crippen molar-refractivity contribution in [2.75, 3.05) is 5.32 Å².